The first kappa shape index (κ1) is 12.3. The van der Waals surface area contributed by atoms with E-state index in [0.717, 1.165) is 17.2 Å². The summed E-state index contributed by atoms with van der Waals surface area (Å²) < 4.78 is 0. The zero-order valence-corrected chi connectivity index (χ0v) is 11.8. The Morgan fingerprint density at radius 1 is 1.42 bits per heavy atom. The zero-order chi connectivity index (χ0) is 13.2. The molecule has 0 radical (unpaired) electrons. The molecule has 2 N–H and O–H groups in total. The van der Waals surface area contributed by atoms with Gasteiger partial charge in [0.25, 0.3) is 0 Å². The molecule has 0 spiro atoms. The van der Waals surface area contributed by atoms with Crippen molar-refractivity contribution in [1.29, 1.82) is 0 Å². The van der Waals surface area contributed by atoms with Crippen molar-refractivity contribution in [2.24, 2.45) is 0 Å². The first-order valence-electron chi connectivity index (χ1n) is 6.31. The Labute approximate surface area is 115 Å². The predicted octanol–water partition coefficient (Wildman–Crippen LogP) is 3.18. The van der Waals surface area contributed by atoms with E-state index in [1.807, 2.05) is 18.5 Å². The molecule has 98 valence electrons. The molecule has 0 amide bonds. The number of aromatic amines is 1. The van der Waals surface area contributed by atoms with Gasteiger partial charge in [0.2, 0.25) is 0 Å². The van der Waals surface area contributed by atoms with Crippen LogP contribution >= 0.6 is 11.3 Å². The fourth-order valence-electron chi connectivity index (χ4n) is 2.08. The highest BCUT2D eigenvalue weighted by molar-refractivity contribution is 7.11. The Balaban J connectivity index is 1.72. The average Bonchev–Trinajstić information content (AvgIpc) is 3.02. The normalized spacial score (nSPS) is 12.9. The fourth-order valence-corrected chi connectivity index (χ4v) is 2.88. The molecule has 0 aliphatic rings. The standard InChI is InChI=1S/C14H16N4S/c1-9-6-18-14(19-9)10(2)16-7-11-8-17-13-12(11)4-3-5-15-13/h3-6,8,10,16H,7H2,1-2H3,(H,15,17). The summed E-state index contributed by atoms with van der Waals surface area (Å²) in [7, 11) is 0. The lowest BCUT2D eigenvalue weighted by Gasteiger charge is -2.10. The molecule has 0 aromatic carbocycles. The maximum Gasteiger partial charge on any atom is 0.137 e. The molecular weight excluding hydrogens is 256 g/mol. The second kappa shape index (κ2) is 5.11. The van der Waals surface area contributed by atoms with Crippen molar-refractivity contribution >= 4 is 22.4 Å². The first-order chi connectivity index (χ1) is 9.24. The molecule has 0 saturated heterocycles. The van der Waals surface area contributed by atoms with Crippen molar-refractivity contribution in [2.75, 3.05) is 0 Å². The van der Waals surface area contributed by atoms with Crippen LogP contribution in [-0.4, -0.2) is 15.0 Å². The van der Waals surface area contributed by atoms with E-state index in [0.29, 0.717) is 0 Å². The van der Waals surface area contributed by atoms with Gasteiger partial charge >= 0.3 is 0 Å². The molecule has 0 bridgehead atoms. The number of hydrogen-bond acceptors (Lipinski definition) is 4. The Morgan fingerprint density at radius 3 is 3.11 bits per heavy atom. The number of nitrogens with one attached hydrogen (secondary N) is 2. The molecular formula is C14H16N4S. The minimum Gasteiger partial charge on any atom is -0.346 e. The smallest absolute Gasteiger partial charge is 0.137 e. The van der Waals surface area contributed by atoms with E-state index in [1.54, 1.807) is 17.5 Å². The van der Waals surface area contributed by atoms with Crippen molar-refractivity contribution in [1.82, 2.24) is 20.3 Å². The van der Waals surface area contributed by atoms with Crippen LogP contribution < -0.4 is 5.32 Å². The summed E-state index contributed by atoms with van der Waals surface area (Å²) >= 11 is 1.74. The molecule has 1 atom stereocenters. The molecule has 4 nitrogen and oxygen atoms in total. The molecule has 5 heteroatoms. The summed E-state index contributed by atoms with van der Waals surface area (Å²) in [5.74, 6) is 0. The molecule has 3 heterocycles. The summed E-state index contributed by atoms with van der Waals surface area (Å²) in [6, 6.07) is 4.32. The topological polar surface area (TPSA) is 53.6 Å². The highest BCUT2D eigenvalue weighted by Crippen LogP contribution is 2.21. The van der Waals surface area contributed by atoms with Crippen LogP contribution in [0.3, 0.4) is 0 Å². The van der Waals surface area contributed by atoms with Gasteiger partial charge in [-0.05, 0) is 31.5 Å². The van der Waals surface area contributed by atoms with E-state index in [4.69, 9.17) is 0 Å². The third-order valence-corrected chi connectivity index (χ3v) is 4.24. The molecule has 0 fully saturated rings. The van der Waals surface area contributed by atoms with Crippen molar-refractivity contribution in [3.05, 3.63) is 46.2 Å². The van der Waals surface area contributed by atoms with Gasteiger partial charge in [0, 0.05) is 35.4 Å². The summed E-state index contributed by atoms with van der Waals surface area (Å²) in [6.45, 7) is 5.04. The number of thiazole rings is 1. The molecule has 3 aromatic rings. The number of nitrogens with zero attached hydrogens (tertiary/aromatic N) is 2. The van der Waals surface area contributed by atoms with E-state index in [2.05, 4.69) is 40.2 Å². The van der Waals surface area contributed by atoms with Gasteiger partial charge in [-0.3, -0.25) is 0 Å². The summed E-state index contributed by atoms with van der Waals surface area (Å²) in [4.78, 5) is 13.2. The van der Waals surface area contributed by atoms with Crippen LogP contribution in [0.15, 0.2) is 30.7 Å². The van der Waals surface area contributed by atoms with Crippen LogP contribution in [0.2, 0.25) is 0 Å². The number of rotatable bonds is 4. The quantitative estimate of drug-likeness (QED) is 0.767. The number of pyridine rings is 1. The highest BCUT2D eigenvalue weighted by atomic mass is 32.1. The van der Waals surface area contributed by atoms with Crippen molar-refractivity contribution in [3.8, 4) is 0 Å². The second-order valence-electron chi connectivity index (χ2n) is 4.63. The first-order valence-corrected chi connectivity index (χ1v) is 7.12. The number of aromatic nitrogens is 3. The lowest BCUT2D eigenvalue weighted by Crippen LogP contribution is -2.17. The minimum atomic E-state index is 0.264. The Hall–Kier alpha value is -1.72. The molecule has 3 aromatic heterocycles. The van der Waals surface area contributed by atoms with Crippen LogP contribution in [0, 0.1) is 6.92 Å². The lowest BCUT2D eigenvalue weighted by molar-refractivity contribution is 0.573. The van der Waals surface area contributed by atoms with Gasteiger partial charge < -0.3 is 10.3 Å². The number of hydrogen-bond donors (Lipinski definition) is 2. The monoisotopic (exact) mass is 272 g/mol. The number of fused-ring (bicyclic) bond motifs is 1. The lowest BCUT2D eigenvalue weighted by atomic mass is 10.2. The Bertz CT molecular complexity index is 685. The molecule has 1 unspecified atom stereocenters. The Kier molecular flexibility index (Phi) is 3.31. The molecule has 3 rings (SSSR count). The molecule has 0 aliphatic carbocycles. The third-order valence-electron chi connectivity index (χ3n) is 3.15. The van der Waals surface area contributed by atoms with Gasteiger partial charge in [-0.25, -0.2) is 9.97 Å². The van der Waals surface area contributed by atoms with Gasteiger partial charge in [0.1, 0.15) is 10.7 Å². The van der Waals surface area contributed by atoms with Crippen molar-refractivity contribution in [3.63, 3.8) is 0 Å². The summed E-state index contributed by atoms with van der Waals surface area (Å²) in [5.41, 5.74) is 2.18. The number of aryl methyl sites for hydroxylation is 1. The van der Waals surface area contributed by atoms with Crippen LogP contribution in [0.4, 0.5) is 0 Å². The average molecular weight is 272 g/mol. The Morgan fingerprint density at radius 2 is 2.32 bits per heavy atom. The number of H-pyrrole nitrogens is 1. The maximum atomic E-state index is 4.41. The largest absolute Gasteiger partial charge is 0.346 e. The maximum absolute atomic E-state index is 4.41. The fraction of sp³-hybridized carbons (Fsp3) is 0.286. The minimum absolute atomic E-state index is 0.264. The zero-order valence-electron chi connectivity index (χ0n) is 11.0. The van der Waals surface area contributed by atoms with E-state index in [9.17, 15) is 0 Å². The van der Waals surface area contributed by atoms with Crippen LogP contribution in [0.5, 0.6) is 0 Å². The van der Waals surface area contributed by atoms with Gasteiger partial charge in [-0.15, -0.1) is 11.3 Å². The molecule has 0 aliphatic heterocycles. The predicted molar refractivity (Wildman–Crippen MR) is 78.2 cm³/mol. The third kappa shape index (κ3) is 2.52. The summed E-state index contributed by atoms with van der Waals surface area (Å²) in [5, 5.41) is 5.82. The molecule has 19 heavy (non-hydrogen) atoms. The van der Waals surface area contributed by atoms with Gasteiger partial charge in [0.15, 0.2) is 0 Å². The van der Waals surface area contributed by atoms with E-state index in [1.165, 1.54) is 15.8 Å². The van der Waals surface area contributed by atoms with Gasteiger partial charge in [0.05, 0.1) is 6.04 Å². The van der Waals surface area contributed by atoms with Crippen molar-refractivity contribution in [2.45, 2.75) is 26.4 Å². The van der Waals surface area contributed by atoms with Gasteiger partial charge in [-0.2, -0.15) is 0 Å². The van der Waals surface area contributed by atoms with E-state index in [-0.39, 0.29) is 6.04 Å². The van der Waals surface area contributed by atoms with Crippen LogP contribution in [0.25, 0.3) is 11.0 Å². The molecule has 0 saturated carbocycles. The van der Waals surface area contributed by atoms with E-state index < -0.39 is 0 Å². The summed E-state index contributed by atoms with van der Waals surface area (Å²) in [6.07, 6.45) is 5.75. The SMILES string of the molecule is Cc1cnc(C(C)NCc2c[nH]c3ncccc23)s1. The van der Waals surface area contributed by atoms with Crippen LogP contribution in [0.1, 0.15) is 28.4 Å². The van der Waals surface area contributed by atoms with Crippen molar-refractivity contribution < 1.29 is 0 Å². The van der Waals surface area contributed by atoms with Gasteiger partial charge in [-0.1, -0.05) is 0 Å². The van der Waals surface area contributed by atoms with Crippen LogP contribution in [-0.2, 0) is 6.54 Å². The van der Waals surface area contributed by atoms with E-state index >= 15 is 0 Å². The second-order valence-corrected chi connectivity index (χ2v) is 5.89. The highest BCUT2D eigenvalue weighted by Gasteiger charge is 2.10.